The third-order valence-electron chi connectivity index (χ3n) is 9.19. The molecular weight excluding hydrogens is 304 g/mol. The number of unbranched alkanes of at least 4 members (excludes halogenated alkanes) is 1. The summed E-state index contributed by atoms with van der Waals surface area (Å²) in [5, 5.41) is 10.1. The van der Waals surface area contributed by atoms with E-state index in [1.807, 2.05) is 0 Å². The van der Waals surface area contributed by atoms with E-state index in [2.05, 4.69) is 26.8 Å². The zero-order chi connectivity index (χ0) is 17.6. The normalized spacial score (nSPS) is 47.4. The molecule has 4 aliphatic carbocycles. The van der Waals surface area contributed by atoms with Gasteiger partial charge in [-0.2, -0.15) is 0 Å². The third kappa shape index (κ3) is 3.03. The van der Waals surface area contributed by atoms with E-state index >= 15 is 0 Å². The highest BCUT2D eigenvalue weighted by Gasteiger charge is 2.56. The molecule has 0 aliphatic heterocycles. The number of hydrogen-bond acceptors (Lipinski definition) is 1. The molecule has 0 spiro atoms. The van der Waals surface area contributed by atoms with Crippen molar-refractivity contribution < 1.29 is 5.11 Å². The van der Waals surface area contributed by atoms with Gasteiger partial charge < -0.3 is 5.11 Å². The van der Waals surface area contributed by atoms with Crippen molar-refractivity contribution in [2.24, 2.45) is 40.9 Å². The summed E-state index contributed by atoms with van der Waals surface area (Å²) in [7, 11) is 0. The molecule has 4 aliphatic rings. The topological polar surface area (TPSA) is 20.2 Å². The summed E-state index contributed by atoms with van der Waals surface area (Å²) >= 11 is 0. The minimum Gasteiger partial charge on any atom is -0.393 e. The van der Waals surface area contributed by atoms with Crippen LogP contribution in [0.2, 0.25) is 0 Å². The first-order valence-corrected chi connectivity index (χ1v) is 11.4. The molecule has 25 heavy (non-hydrogen) atoms. The number of hydrogen-bond donors (Lipinski definition) is 1. The Labute approximate surface area is 155 Å². The predicted octanol–water partition coefficient (Wildman–Crippen LogP) is 6.36. The molecule has 0 aromatic heterocycles. The van der Waals surface area contributed by atoms with Crippen molar-refractivity contribution in [3.8, 4) is 0 Å². The molecule has 4 rings (SSSR count). The minimum absolute atomic E-state index is 0.0526. The fourth-order valence-electron chi connectivity index (χ4n) is 7.95. The van der Waals surface area contributed by atoms with E-state index in [9.17, 15) is 5.11 Å². The number of aliphatic hydroxyl groups is 1. The average molecular weight is 345 g/mol. The van der Waals surface area contributed by atoms with E-state index in [-0.39, 0.29) is 6.10 Å². The van der Waals surface area contributed by atoms with E-state index in [0.29, 0.717) is 5.41 Å². The predicted molar refractivity (Wildman–Crippen MR) is 105 cm³/mol. The zero-order valence-corrected chi connectivity index (χ0v) is 16.8. The fourth-order valence-corrected chi connectivity index (χ4v) is 7.95. The van der Waals surface area contributed by atoms with Gasteiger partial charge in [-0.05, 0) is 92.3 Å². The van der Waals surface area contributed by atoms with Gasteiger partial charge >= 0.3 is 0 Å². The molecule has 1 N–H and O–H groups in total. The molecule has 0 aromatic rings. The van der Waals surface area contributed by atoms with E-state index < -0.39 is 0 Å². The molecule has 1 heteroatoms. The van der Waals surface area contributed by atoms with E-state index in [1.165, 1.54) is 57.8 Å². The molecule has 3 fully saturated rings. The minimum atomic E-state index is -0.0526. The van der Waals surface area contributed by atoms with Crippen LogP contribution >= 0.6 is 0 Å². The van der Waals surface area contributed by atoms with Gasteiger partial charge in [0.1, 0.15) is 0 Å². The second-order valence-electron chi connectivity index (χ2n) is 10.3. The number of allylic oxidation sites excluding steroid dienone is 1. The van der Waals surface area contributed by atoms with Crippen molar-refractivity contribution in [2.45, 2.75) is 97.5 Å². The van der Waals surface area contributed by atoms with Crippen LogP contribution in [0.15, 0.2) is 11.6 Å². The summed E-state index contributed by atoms with van der Waals surface area (Å²) in [4.78, 5) is 0. The Morgan fingerprint density at radius 3 is 2.80 bits per heavy atom. The lowest BCUT2D eigenvalue weighted by atomic mass is 9.51. The highest BCUT2D eigenvalue weighted by molar-refractivity contribution is 5.20. The van der Waals surface area contributed by atoms with Crippen LogP contribution in [0, 0.1) is 40.9 Å². The van der Waals surface area contributed by atoms with Crippen molar-refractivity contribution in [1.82, 2.24) is 0 Å². The number of rotatable bonds is 4. The third-order valence-corrected chi connectivity index (χ3v) is 9.19. The second-order valence-corrected chi connectivity index (χ2v) is 10.3. The molecule has 4 unspecified atom stereocenters. The van der Waals surface area contributed by atoms with E-state index in [0.717, 1.165) is 48.3 Å². The van der Waals surface area contributed by atoms with Gasteiger partial charge in [0.25, 0.3) is 0 Å². The van der Waals surface area contributed by atoms with Crippen molar-refractivity contribution in [3.05, 3.63) is 11.6 Å². The van der Waals surface area contributed by atoms with Gasteiger partial charge in [0.2, 0.25) is 0 Å². The SMILES string of the molecule is CCCCC(C)[C@H]1CCC2C3CC=C4C[C@@H](O)CC[C@@H]4C3CC[C@@]21C. The van der Waals surface area contributed by atoms with Crippen LogP contribution in [0.4, 0.5) is 0 Å². The Bertz CT molecular complexity index is 508. The van der Waals surface area contributed by atoms with Crippen molar-refractivity contribution in [2.75, 3.05) is 0 Å². The Hall–Kier alpha value is -0.300. The van der Waals surface area contributed by atoms with Gasteiger partial charge in [0.15, 0.2) is 0 Å². The molecule has 3 saturated carbocycles. The van der Waals surface area contributed by atoms with Crippen LogP contribution in [-0.4, -0.2) is 11.2 Å². The summed E-state index contributed by atoms with van der Waals surface area (Å²) in [5.41, 5.74) is 2.25. The molecular formula is C24H40O. The molecule has 0 amide bonds. The zero-order valence-electron chi connectivity index (χ0n) is 16.8. The number of fused-ring (bicyclic) bond motifs is 5. The van der Waals surface area contributed by atoms with E-state index in [1.54, 1.807) is 5.57 Å². The summed E-state index contributed by atoms with van der Waals surface area (Å²) in [5.74, 6) is 5.59. The van der Waals surface area contributed by atoms with Crippen LogP contribution in [0.3, 0.4) is 0 Å². The molecule has 0 aromatic carbocycles. The maximum atomic E-state index is 10.1. The van der Waals surface area contributed by atoms with Gasteiger partial charge in [-0.25, -0.2) is 0 Å². The molecule has 1 nitrogen and oxygen atoms in total. The lowest BCUT2D eigenvalue weighted by molar-refractivity contribution is -0.0294. The maximum absolute atomic E-state index is 10.1. The molecule has 8 atom stereocenters. The van der Waals surface area contributed by atoms with Gasteiger partial charge in [0.05, 0.1) is 6.10 Å². The Balaban J connectivity index is 1.52. The molecule has 0 heterocycles. The summed E-state index contributed by atoms with van der Waals surface area (Å²) < 4.78 is 0. The Kier molecular flexibility index (Phi) is 5.08. The second kappa shape index (κ2) is 7.02. The lowest BCUT2D eigenvalue weighted by Gasteiger charge is -2.54. The van der Waals surface area contributed by atoms with Crippen LogP contribution in [0.25, 0.3) is 0 Å². The first-order valence-electron chi connectivity index (χ1n) is 11.4. The maximum Gasteiger partial charge on any atom is 0.0577 e. The largest absolute Gasteiger partial charge is 0.393 e. The molecule has 0 bridgehead atoms. The summed E-state index contributed by atoms with van der Waals surface area (Å²) in [6.45, 7) is 7.57. The highest BCUT2D eigenvalue weighted by Crippen LogP contribution is 2.64. The first kappa shape index (κ1) is 18.1. The average Bonchev–Trinajstić information content (AvgIpc) is 2.96. The fraction of sp³-hybridized carbons (Fsp3) is 0.917. The highest BCUT2D eigenvalue weighted by atomic mass is 16.3. The van der Waals surface area contributed by atoms with Gasteiger partial charge in [-0.1, -0.05) is 51.7 Å². The van der Waals surface area contributed by atoms with Gasteiger partial charge in [-0.3, -0.25) is 0 Å². The van der Waals surface area contributed by atoms with Gasteiger partial charge in [-0.15, -0.1) is 0 Å². The Morgan fingerprint density at radius 1 is 1.16 bits per heavy atom. The molecule has 0 radical (unpaired) electrons. The van der Waals surface area contributed by atoms with E-state index in [4.69, 9.17) is 0 Å². The monoisotopic (exact) mass is 344 g/mol. The van der Waals surface area contributed by atoms with Crippen molar-refractivity contribution in [3.63, 3.8) is 0 Å². The van der Waals surface area contributed by atoms with Crippen LogP contribution in [0.5, 0.6) is 0 Å². The van der Waals surface area contributed by atoms with Crippen LogP contribution < -0.4 is 0 Å². The van der Waals surface area contributed by atoms with Crippen LogP contribution in [-0.2, 0) is 0 Å². The van der Waals surface area contributed by atoms with Crippen molar-refractivity contribution in [1.29, 1.82) is 0 Å². The molecule has 0 saturated heterocycles. The van der Waals surface area contributed by atoms with Crippen molar-refractivity contribution >= 4 is 0 Å². The standard InChI is InChI=1S/C24H40O/c1-4-5-6-16(2)22-11-12-23-21-9-7-17-15-18(25)8-10-19(17)20(21)13-14-24(22,23)3/h7,16,18-23,25H,4-6,8-15H2,1-3H3/t16?,18-,19-,20?,21?,22+,23?,24+/m0/s1. The summed E-state index contributed by atoms with van der Waals surface area (Å²) in [6, 6.07) is 0. The Morgan fingerprint density at radius 2 is 2.00 bits per heavy atom. The lowest BCUT2D eigenvalue weighted by Crippen LogP contribution is -2.47. The summed E-state index contributed by atoms with van der Waals surface area (Å²) in [6.07, 6.45) is 17.3. The van der Waals surface area contributed by atoms with Gasteiger partial charge in [0, 0.05) is 0 Å². The van der Waals surface area contributed by atoms with Crippen LogP contribution in [0.1, 0.15) is 91.4 Å². The number of aliphatic hydroxyl groups excluding tert-OH is 1. The smallest absolute Gasteiger partial charge is 0.0577 e. The quantitative estimate of drug-likeness (QED) is 0.588. The molecule has 142 valence electrons. The first-order chi connectivity index (χ1) is 12.0.